The molecule has 0 heterocycles. The van der Waals surface area contributed by atoms with E-state index in [1.165, 1.54) is 25.1 Å². The summed E-state index contributed by atoms with van der Waals surface area (Å²) < 4.78 is 22.7. The fourth-order valence-corrected chi connectivity index (χ4v) is 2.46. The third-order valence-corrected chi connectivity index (χ3v) is 4.18. The number of benzene rings is 1. The van der Waals surface area contributed by atoms with Crippen molar-refractivity contribution in [3.05, 3.63) is 40.0 Å². The van der Waals surface area contributed by atoms with Crippen LogP contribution in [0.2, 0.25) is 0 Å². The summed E-state index contributed by atoms with van der Waals surface area (Å²) in [6, 6.07) is 3.73. The molecule has 0 amide bonds. The van der Waals surface area contributed by atoms with E-state index in [1.807, 2.05) is 0 Å². The highest BCUT2D eigenvalue weighted by molar-refractivity contribution is 8.13. The summed E-state index contributed by atoms with van der Waals surface area (Å²) in [6.45, 7) is 1.43. The first-order valence-corrected chi connectivity index (χ1v) is 8.38. The number of nitro groups is 1. The minimum Gasteiger partial charge on any atom is -0.288 e. The van der Waals surface area contributed by atoms with Crippen LogP contribution in [0, 0.1) is 10.1 Å². The lowest BCUT2D eigenvalue weighted by Crippen LogP contribution is -2.00. The first kappa shape index (κ1) is 16.4. The van der Waals surface area contributed by atoms with Crippen LogP contribution < -0.4 is 0 Å². The van der Waals surface area contributed by atoms with Gasteiger partial charge in [0, 0.05) is 25.0 Å². The van der Waals surface area contributed by atoms with Crippen molar-refractivity contribution in [2.45, 2.75) is 11.8 Å². The van der Waals surface area contributed by atoms with E-state index in [0.717, 1.165) is 24.1 Å². The Bertz CT molecular complexity index is 664. The van der Waals surface area contributed by atoms with Gasteiger partial charge in [0.2, 0.25) is 0 Å². The summed E-state index contributed by atoms with van der Waals surface area (Å²) in [6.07, 6.45) is 4.11. The molecule has 0 aliphatic carbocycles. The third-order valence-electron chi connectivity index (χ3n) is 2.31. The highest BCUT2D eigenvalue weighted by Gasteiger charge is 2.16. The Morgan fingerprint density at radius 1 is 1.45 bits per heavy atom. The fourth-order valence-electron chi connectivity index (χ4n) is 1.39. The first-order chi connectivity index (χ1) is 9.21. The minimum absolute atomic E-state index is 0.0448. The minimum atomic E-state index is -3.49. The van der Waals surface area contributed by atoms with Crippen molar-refractivity contribution in [2.24, 2.45) is 0 Å². The van der Waals surface area contributed by atoms with E-state index in [1.54, 1.807) is 6.08 Å². The van der Waals surface area contributed by atoms with Gasteiger partial charge in [0.1, 0.15) is 0 Å². The van der Waals surface area contributed by atoms with Gasteiger partial charge in [-0.2, -0.15) is 0 Å². The lowest BCUT2D eigenvalue weighted by Gasteiger charge is -2.01. The Morgan fingerprint density at radius 2 is 2.10 bits per heavy atom. The highest BCUT2D eigenvalue weighted by Crippen LogP contribution is 2.24. The van der Waals surface area contributed by atoms with E-state index in [2.05, 4.69) is 0 Å². The van der Waals surface area contributed by atoms with Crippen molar-refractivity contribution in [1.82, 2.24) is 0 Å². The summed E-state index contributed by atoms with van der Waals surface area (Å²) in [7, 11) is -3.49. The number of nitrogens with zero attached hydrogens (tertiary/aromatic N) is 1. The van der Waals surface area contributed by atoms with Gasteiger partial charge in [-0.15, -0.1) is 0 Å². The molecular formula is C12H13NO5S2. The lowest BCUT2D eigenvalue weighted by molar-refractivity contribution is -0.385. The molecule has 1 rings (SSSR count). The second kappa shape index (κ2) is 6.67. The largest absolute Gasteiger partial charge is 0.288 e. The standard InChI is InChI=1S/C12H13NO5S2/c1-9(14)19-7-3-4-10-5-6-11(20(2,17)18)8-12(10)13(15)16/h3-6,8H,7H2,1-2H3. The van der Waals surface area contributed by atoms with E-state index in [4.69, 9.17) is 0 Å². The number of nitro benzene ring substituents is 1. The van der Waals surface area contributed by atoms with E-state index in [-0.39, 0.29) is 15.7 Å². The quantitative estimate of drug-likeness (QED) is 0.611. The Hall–Kier alpha value is -1.67. The number of sulfone groups is 1. The maximum atomic E-state index is 11.4. The van der Waals surface area contributed by atoms with Crippen LogP contribution in [0.3, 0.4) is 0 Å². The van der Waals surface area contributed by atoms with Crippen LogP contribution in [-0.2, 0) is 14.6 Å². The molecule has 0 radical (unpaired) electrons. The van der Waals surface area contributed by atoms with Crippen molar-refractivity contribution >= 4 is 38.5 Å². The Balaban J connectivity index is 3.08. The summed E-state index contributed by atoms with van der Waals surface area (Å²) in [5.74, 6) is 0.403. The van der Waals surface area contributed by atoms with Crippen molar-refractivity contribution < 1.29 is 18.1 Å². The van der Waals surface area contributed by atoms with Gasteiger partial charge in [-0.3, -0.25) is 14.9 Å². The predicted molar refractivity (Wildman–Crippen MR) is 78.4 cm³/mol. The monoisotopic (exact) mass is 315 g/mol. The summed E-state index contributed by atoms with van der Waals surface area (Å²) >= 11 is 1.08. The average molecular weight is 315 g/mol. The van der Waals surface area contributed by atoms with Crippen LogP contribution in [0.1, 0.15) is 12.5 Å². The SMILES string of the molecule is CC(=O)SCC=Cc1ccc(S(C)(=O)=O)cc1[N+](=O)[O-]. The van der Waals surface area contributed by atoms with E-state index < -0.39 is 14.8 Å². The maximum absolute atomic E-state index is 11.4. The number of thioether (sulfide) groups is 1. The van der Waals surface area contributed by atoms with Gasteiger partial charge in [-0.1, -0.05) is 23.9 Å². The molecule has 6 nitrogen and oxygen atoms in total. The van der Waals surface area contributed by atoms with Gasteiger partial charge in [0.25, 0.3) is 5.69 Å². The number of hydrogen-bond donors (Lipinski definition) is 0. The zero-order valence-electron chi connectivity index (χ0n) is 10.9. The van der Waals surface area contributed by atoms with E-state index in [0.29, 0.717) is 11.3 Å². The number of carbonyl (C=O) groups is 1. The molecule has 0 bridgehead atoms. The third kappa shape index (κ3) is 4.78. The molecule has 0 aromatic heterocycles. The van der Waals surface area contributed by atoms with Crippen molar-refractivity contribution in [3.8, 4) is 0 Å². The molecule has 0 saturated heterocycles. The Labute approximate surface area is 120 Å². The van der Waals surface area contributed by atoms with Gasteiger partial charge in [-0.25, -0.2) is 8.42 Å². The molecule has 108 valence electrons. The van der Waals surface area contributed by atoms with Crippen LogP contribution in [0.25, 0.3) is 6.08 Å². The van der Waals surface area contributed by atoms with Gasteiger partial charge < -0.3 is 0 Å². The normalized spacial score (nSPS) is 11.7. The molecule has 0 aliphatic rings. The molecule has 0 aliphatic heterocycles. The second-order valence-corrected chi connectivity index (χ2v) is 7.17. The van der Waals surface area contributed by atoms with E-state index >= 15 is 0 Å². The van der Waals surface area contributed by atoms with Gasteiger partial charge in [0.05, 0.1) is 15.4 Å². The molecule has 8 heteroatoms. The van der Waals surface area contributed by atoms with Crippen LogP contribution >= 0.6 is 11.8 Å². The zero-order chi connectivity index (χ0) is 15.3. The smallest absolute Gasteiger partial charge is 0.277 e. The van der Waals surface area contributed by atoms with Crippen molar-refractivity contribution in [1.29, 1.82) is 0 Å². The van der Waals surface area contributed by atoms with Crippen molar-refractivity contribution in [3.63, 3.8) is 0 Å². The summed E-state index contributed by atoms with van der Waals surface area (Å²) in [4.78, 5) is 21.0. The van der Waals surface area contributed by atoms with Crippen LogP contribution in [0.5, 0.6) is 0 Å². The second-order valence-electron chi connectivity index (χ2n) is 3.95. The average Bonchev–Trinajstić information content (AvgIpc) is 2.33. The van der Waals surface area contributed by atoms with Gasteiger partial charge in [0.15, 0.2) is 15.0 Å². The molecule has 0 atom stereocenters. The zero-order valence-corrected chi connectivity index (χ0v) is 12.5. The molecule has 0 unspecified atom stereocenters. The lowest BCUT2D eigenvalue weighted by atomic mass is 10.1. The molecule has 0 fully saturated rings. The van der Waals surface area contributed by atoms with Crippen LogP contribution in [-0.4, -0.2) is 30.5 Å². The number of carbonyl (C=O) groups excluding carboxylic acids is 1. The molecule has 20 heavy (non-hydrogen) atoms. The predicted octanol–water partition coefficient (Wildman–Crippen LogP) is 2.29. The van der Waals surface area contributed by atoms with Gasteiger partial charge in [-0.05, 0) is 12.1 Å². The van der Waals surface area contributed by atoms with Crippen LogP contribution in [0.4, 0.5) is 5.69 Å². The highest BCUT2D eigenvalue weighted by atomic mass is 32.2. The topological polar surface area (TPSA) is 94.3 Å². The molecule has 0 spiro atoms. The van der Waals surface area contributed by atoms with E-state index in [9.17, 15) is 23.3 Å². The number of hydrogen-bond acceptors (Lipinski definition) is 6. The fraction of sp³-hybridized carbons (Fsp3) is 0.250. The molecule has 1 aromatic rings. The molecule has 0 N–H and O–H groups in total. The van der Waals surface area contributed by atoms with Gasteiger partial charge >= 0.3 is 0 Å². The molecular weight excluding hydrogens is 302 g/mol. The first-order valence-electron chi connectivity index (χ1n) is 5.50. The molecule has 0 saturated carbocycles. The summed E-state index contributed by atoms with van der Waals surface area (Å²) in [5.41, 5.74) is 0.0172. The number of rotatable bonds is 5. The van der Waals surface area contributed by atoms with Crippen LogP contribution in [0.15, 0.2) is 29.2 Å². The molecule has 1 aromatic carbocycles. The Morgan fingerprint density at radius 3 is 2.60 bits per heavy atom. The maximum Gasteiger partial charge on any atom is 0.277 e. The summed E-state index contributed by atoms with van der Waals surface area (Å²) in [5, 5.41) is 10.9. The Kier molecular flexibility index (Phi) is 5.46. The van der Waals surface area contributed by atoms with Crippen molar-refractivity contribution in [2.75, 3.05) is 12.0 Å².